The third-order valence-corrected chi connectivity index (χ3v) is 2.88. The van der Waals surface area contributed by atoms with Crippen LogP contribution in [0, 0.1) is 0 Å². The van der Waals surface area contributed by atoms with Gasteiger partial charge in [0.05, 0.1) is 0 Å². The number of nitrogens with two attached hydrogens (primary N) is 1. The first-order chi connectivity index (χ1) is 7.50. The average Bonchev–Trinajstić information content (AvgIpc) is 2.20. The van der Waals surface area contributed by atoms with Crippen LogP contribution in [0.4, 0.5) is 0 Å². The van der Waals surface area contributed by atoms with Crippen molar-refractivity contribution in [2.24, 2.45) is 5.73 Å². The first-order valence-electron chi connectivity index (χ1n) is 4.93. The van der Waals surface area contributed by atoms with Crippen molar-refractivity contribution in [1.29, 1.82) is 0 Å². The Morgan fingerprint density at radius 1 is 1.44 bits per heavy atom. The van der Waals surface area contributed by atoms with Crippen LogP contribution in [0.15, 0.2) is 18.2 Å². The van der Waals surface area contributed by atoms with Crippen molar-refractivity contribution in [2.45, 2.75) is 25.3 Å². The molecule has 88 valence electrons. The van der Waals surface area contributed by atoms with Gasteiger partial charge in [-0.05, 0) is 37.0 Å². The van der Waals surface area contributed by atoms with E-state index in [4.69, 9.17) is 34.0 Å². The lowest BCUT2D eigenvalue weighted by Crippen LogP contribution is -2.29. The van der Waals surface area contributed by atoms with Gasteiger partial charge >= 0.3 is 5.97 Å². The quantitative estimate of drug-likeness (QED) is 0.857. The number of aliphatic carboxylic acids is 1. The number of hydrogen-bond donors (Lipinski definition) is 2. The molecule has 0 saturated carbocycles. The van der Waals surface area contributed by atoms with E-state index in [0.29, 0.717) is 29.3 Å². The van der Waals surface area contributed by atoms with Crippen LogP contribution in [-0.4, -0.2) is 17.1 Å². The molecule has 0 radical (unpaired) electrons. The molecular weight excluding hydrogens is 249 g/mol. The molecule has 0 saturated heterocycles. The van der Waals surface area contributed by atoms with Gasteiger partial charge in [0.25, 0.3) is 0 Å². The van der Waals surface area contributed by atoms with Crippen LogP contribution < -0.4 is 5.73 Å². The lowest BCUT2D eigenvalue weighted by Gasteiger charge is -2.07. The highest BCUT2D eigenvalue weighted by atomic mass is 35.5. The van der Waals surface area contributed by atoms with Crippen LogP contribution in [0.2, 0.25) is 10.0 Å². The summed E-state index contributed by atoms with van der Waals surface area (Å²) in [6, 6.07) is 4.48. The second kappa shape index (κ2) is 6.09. The minimum Gasteiger partial charge on any atom is -0.480 e. The third kappa shape index (κ3) is 4.00. The van der Waals surface area contributed by atoms with E-state index in [9.17, 15) is 4.79 Å². The Labute approximate surface area is 104 Å². The van der Waals surface area contributed by atoms with Crippen molar-refractivity contribution in [3.05, 3.63) is 33.8 Å². The van der Waals surface area contributed by atoms with Gasteiger partial charge in [0.1, 0.15) is 6.04 Å². The SMILES string of the molecule is NC(CCCc1ccc(Cl)cc1Cl)C(=O)O. The lowest BCUT2D eigenvalue weighted by atomic mass is 10.1. The van der Waals surface area contributed by atoms with E-state index in [0.717, 1.165) is 5.56 Å². The van der Waals surface area contributed by atoms with Gasteiger partial charge in [-0.2, -0.15) is 0 Å². The molecule has 1 aromatic carbocycles. The molecule has 1 unspecified atom stereocenters. The zero-order chi connectivity index (χ0) is 12.1. The minimum absolute atomic E-state index is 0.439. The number of benzene rings is 1. The van der Waals surface area contributed by atoms with Crippen LogP contribution in [0.1, 0.15) is 18.4 Å². The molecule has 1 rings (SSSR count). The summed E-state index contributed by atoms with van der Waals surface area (Å²) in [5, 5.41) is 9.80. The maximum absolute atomic E-state index is 10.5. The van der Waals surface area contributed by atoms with Gasteiger partial charge in [0.2, 0.25) is 0 Å². The Bertz CT molecular complexity index is 382. The summed E-state index contributed by atoms with van der Waals surface area (Å²) in [5.74, 6) is -0.970. The van der Waals surface area contributed by atoms with Crippen molar-refractivity contribution in [3.8, 4) is 0 Å². The molecule has 0 spiro atoms. The standard InChI is InChI=1S/C11H13Cl2NO2/c12-8-5-4-7(9(13)6-8)2-1-3-10(14)11(15)16/h4-6,10H,1-3,14H2,(H,15,16). The van der Waals surface area contributed by atoms with Crippen molar-refractivity contribution >= 4 is 29.2 Å². The molecular formula is C11H13Cl2NO2. The fourth-order valence-electron chi connectivity index (χ4n) is 1.36. The van der Waals surface area contributed by atoms with E-state index >= 15 is 0 Å². The number of carboxylic acids is 1. The van der Waals surface area contributed by atoms with E-state index in [1.54, 1.807) is 12.1 Å². The topological polar surface area (TPSA) is 63.3 Å². The smallest absolute Gasteiger partial charge is 0.320 e. The maximum atomic E-state index is 10.5. The summed E-state index contributed by atoms with van der Waals surface area (Å²) in [4.78, 5) is 10.5. The summed E-state index contributed by atoms with van der Waals surface area (Å²) < 4.78 is 0. The van der Waals surface area contributed by atoms with Crippen LogP contribution in [0.5, 0.6) is 0 Å². The van der Waals surface area contributed by atoms with Crippen molar-refractivity contribution in [1.82, 2.24) is 0 Å². The van der Waals surface area contributed by atoms with Gasteiger partial charge in [0, 0.05) is 10.0 Å². The summed E-state index contributed by atoms with van der Waals surface area (Å²) in [5.41, 5.74) is 6.35. The Balaban J connectivity index is 2.46. The first kappa shape index (κ1) is 13.3. The number of carbonyl (C=O) groups is 1. The van der Waals surface area contributed by atoms with Crippen LogP contribution in [0.3, 0.4) is 0 Å². The van der Waals surface area contributed by atoms with Gasteiger partial charge < -0.3 is 10.8 Å². The van der Waals surface area contributed by atoms with E-state index in [1.807, 2.05) is 6.07 Å². The van der Waals surface area contributed by atoms with Crippen LogP contribution in [0.25, 0.3) is 0 Å². The van der Waals surface area contributed by atoms with Gasteiger partial charge in [-0.15, -0.1) is 0 Å². The molecule has 0 bridgehead atoms. The predicted octanol–water partition coefficient (Wildman–Crippen LogP) is 2.73. The lowest BCUT2D eigenvalue weighted by molar-refractivity contribution is -0.138. The highest BCUT2D eigenvalue weighted by Crippen LogP contribution is 2.22. The molecule has 16 heavy (non-hydrogen) atoms. The number of aryl methyl sites for hydroxylation is 1. The minimum atomic E-state index is -0.970. The molecule has 1 atom stereocenters. The highest BCUT2D eigenvalue weighted by Gasteiger charge is 2.11. The molecule has 0 aliphatic heterocycles. The number of rotatable bonds is 5. The van der Waals surface area contributed by atoms with E-state index in [1.165, 1.54) is 0 Å². The zero-order valence-electron chi connectivity index (χ0n) is 8.62. The monoisotopic (exact) mass is 261 g/mol. The fraction of sp³-hybridized carbons (Fsp3) is 0.364. The third-order valence-electron chi connectivity index (χ3n) is 2.29. The second-order valence-corrected chi connectivity index (χ2v) is 4.42. The molecule has 1 aromatic rings. The summed E-state index contributed by atoms with van der Waals surface area (Å²) in [7, 11) is 0. The molecule has 0 amide bonds. The largest absolute Gasteiger partial charge is 0.480 e. The Kier molecular flexibility index (Phi) is 5.06. The molecule has 0 aliphatic carbocycles. The summed E-state index contributed by atoms with van der Waals surface area (Å²) >= 11 is 11.7. The Hall–Kier alpha value is -0.770. The van der Waals surface area contributed by atoms with E-state index in [-0.39, 0.29) is 0 Å². The first-order valence-corrected chi connectivity index (χ1v) is 5.68. The van der Waals surface area contributed by atoms with Gasteiger partial charge in [-0.1, -0.05) is 29.3 Å². The molecule has 5 heteroatoms. The maximum Gasteiger partial charge on any atom is 0.320 e. The molecule has 0 aliphatic rings. The Morgan fingerprint density at radius 2 is 2.12 bits per heavy atom. The van der Waals surface area contributed by atoms with Crippen molar-refractivity contribution in [2.75, 3.05) is 0 Å². The van der Waals surface area contributed by atoms with E-state index < -0.39 is 12.0 Å². The number of hydrogen-bond acceptors (Lipinski definition) is 2. The van der Waals surface area contributed by atoms with Crippen molar-refractivity contribution < 1.29 is 9.90 Å². The molecule has 0 heterocycles. The molecule has 0 aromatic heterocycles. The zero-order valence-corrected chi connectivity index (χ0v) is 10.1. The Morgan fingerprint density at radius 3 is 2.69 bits per heavy atom. The summed E-state index contributed by atoms with van der Waals surface area (Å²) in [6.45, 7) is 0. The van der Waals surface area contributed by atoms with Crippen LogP contribution >= 0.6 is 23.2 Å². The van der Waals surface area contributed by atoms with Crippen molar-refractivity contribution in [3.63, 3.8) is 0 Å². The molecule has 3 nitrogen and oxygen atoms in total. The molecule has 3 N–H and O–H groups in total. The van der Waals surface area contributed by atoms with Gasteiger partial charge in [0.15, 0.2) is 0 Å². The second-order valence-electron chi connectivity index (χ2n) is 3.57. The predicted molar refractivity (Wildman–Crippen MR) is 65.0 cm³/mol. The highest BCUT2D eigenvalue weighted by molar-refractivity contribution is 6.35. The number of carboxylic acid groups (broad SMARTS) is 1. The fourth-order valence-corrected chi connectivity index (χ4v) is 1.86. The average molecular weight is 262 g/mol. The van der Waals surface area contributed by atoms with Crippen LogP contribution in [-0.2, 0) is 11.2 Å². The van der Waals surface area contributed by atoms with Gasteiger partial charge in [-0.3, -0.25) is 4.79 Å². The number of halogens is 2. The van der Waals surface area contributed by atoms with E-state index in [2.05, 4.69) is 0 Å². The summed E-state index contributed by atoms with van der Waals surface area (Å²) in [6.07, 6.45) is 1.83. The molecule has 0 fully saturated rings. The van der Waals surface area contributed by atoms with Gasteiger partial charge in [-0.25, -0.2) is 0 Å². The normalized spacial score (nSPS) is 12.4.